The van der Waals surface area contributed by atoms with E-state index in [9.17, 15) is 0 Å². The minimum absolute atomic E-state index is 0.451. The molecule has 2 aromatic heterocycles. The summed E-state index contributed by atoms with van der Waals surface area (Å²) in [6, 6.07) is 12.0. The van der Waals surface area contributed by atoms with Gasteiger partial charge in [0.1, 0.15) is 11.5 Å². The summed E-state index contributed by atoms with van der Waals surface area (Å²) in [5.74, 6) is 3.74. The van der Waals surface area contributed by atoms with Gasteiger partial charge in [0.15, 0.2) is 5.82 Å². The largest absolute Gasteiger partial charge is 0.460 e. The molecule has 1 aliphatic rings. The van der Waals surface area contributed by atoms with Crippen LogP contribution in [0.4, 0.5) is 0 Å². The van der Waals surface area contributed by atoms with Crippen LogP contribution < -0.4 is 0 Å². The summed E-state index contributed by atoms with van der Waals surface area (Å²) in [6.07, 6.45) is 2.89. The van der Waals surface area contributed by atoms with Gasteiger partial charge in [-0.3, -0.25) is 0 Å². The van der Waals surface area contributed by atoms with Crippen LogP contribution in [0.25, 0.3) is 11.4 Å². The second-order valence-electron chi connectivity index (χ2n) is 6.28. The number of hydrogen-bond acceptors (Lipinski definition) is 4. The zero-order valence-electron chi connectivity index (χ0n) is 13.6. The van der Waals surface area contributed by atoms with E-state index < -0.39 is 0 Å². The van der Waals surface area contributed by atoms with Gasteiger partial charge in [-0.05, 0) is 49.2 Å². The summed E-state index contributed by atoms with van der Waals surface area (Å²) in [5, 5.41) is 11.6. The van der Waals surface area contributed by atoms with E-state index in [0.717, 1.165) is 28.6 Å². The van der Waals surface area contributed by atoms with Gasteiger partial charge in [0.25, 0.3) is 0 Å². The molecule has 6 heteroatoms. The molecule has 0 saturated heterocycles. The lowest BCUT2D eigenvalue weighted by Gasteiger charge is -2.03. The van der Waals surface area contributed by atoms with E-state index in [2.05, 4.69) is 22.2 Å². The lowest BCUT2D eigenvalue weighted by molar-refractivity contribution is 0.500. The molecule has 5 nitrogen and oxygen atoms in total. The van der Waals surface area contributed by atoms with Gasteiger partial charge in [-0.1, -0.05) is 31.2 Å². The number of aromatic amines is 1. The summed E-state index contributed by atoms with van der Waals surface area (Å²) in [6.45, 7) is 4.27. The van der Waals surface area contributed by atoms with Gasteiger partial charge in [-0.15, -0.1) is 0 Å². The Morgan fingerprint density at radius 3 is 2.88 bits per heavy atom. The van der Waals surface area contributed by atoms with Gasteiger partial charge in [0, 0.05) is 11.5 Å². The first kappa shape index (κ1) is 15.1. The highest BCUT2D eigenvalue weighted by Gasteiger charge is 2.36. The number of aromatic nitrogens is 3. The molecule has 2 atom stereocenters. The van der Waals surface area contributed by atoms with Crippen molar-refractivity contribution in [2.45, 2.75) is 26.2 Å². The summed E-state index contributed by atoms with van der Waals surface area (Å²) >= 11 is 5.30. The molecule has 1 fully saturated rings. The van der Waals surface area contributed by atoms with Crippen molar-refractivity contribution < 1.29 is 4.42 Å². The average Bonchev–Trinajstić information content (AvgIpc) is 2.97. The van der Waals surface area contributed by atoms with Crippen LogP contribution in [0.15, 0.2) is 45.9 Å². The Labute approximate surface area is 145 Å². The number of furan rings is 1. The highest BCUT2D eigenvalue weighted by atomic mass is 32.1. The van der Waals surface area contributed by atoms with Crippen molar-refractivity contribution in [3.63, 3.8) is 0 Å². The van der Waals surface area contributed by atoms with Crippen LogP contribution in [0, 0.1) is 17.6 Å². The fourth-order valence-electron chi connectivity index (χ4n) is 2.87. The van der Waals surface area contributed by atoms with Crippen LogP contribution in [-0.2, 0) is 0 Å². The topological polar surface area (TPSA) is 59.1 Å². The molecule has 1 saturated carbocycles. The lowest BCUT2D eigenvalue weighted by Crippen LogP contribution is -1.96. The molecule has 24 heavy (non-hydrogen) atoms. The molecule has 3 aromatic rings. The van der Waals surface area contributed by atoms with E-state index in [1.165, 1.54) is 6.42 Å². The molecular weight excluding hydrogens is 320 g/mol. The van der Waals surface area contributed by atoms with Crippen LogP contribution in [0.3, 0.4) is 0 Å². The predicted molar refractivity (Wildman–Crippen MR) is 95.8 cm³/mol. The van der Waals surface area contributed by atoms with E-state index in [1.807, 2.05) is 43.3 Å². The van der Waals surface area contributed by atoms with Gasteiger partial charge in [-0.2, -0.15) is 14.9 Å². The van der Waals surface area contributed by atoms with Crippen molar-refractivity contribution >= 4 is 18.4 Å². The molecule has 1 N–H and O–H groups in total. The van der Waals surface area contributed by atoms with Gasteiger partial charge < -0.3 is 4.42 Å². The Balaban J connectivity index is 1.65. The Bertz CT molecular complexity index is 965. The Hall–Kier alpha value is -2.47. The first-order valence-electron chi connectivity index (χ1n) is 8.01. The van der Waals surface area contributed by atoms with Crippen molar-refractivity contribution in [1.29, 1.82) is 0 Å². The van der Waals surface area contributed by atoms with Crippen LogP contribution in [-0.4, -0.2) is 21.1 Å². The second kappa shape index (κ2) is 5.87. The average molecular weight is 338 g/mol. The zero-order chi connectivity index (χ0) is 16.7. The van der Waals surface area contributed by atoms with E-state index in [4.69, 9.17) is 16.6 Å². The summed E-state index contributed by atoms with van der Waals surface area (Å²) < 4.78 is 7.93. The second-order valence-corrected chi connectivity index (χ2v) is 6.67. The summed E-state index contributed by atoms with van der Waals surface area (Å²) in [7, 11) is 0. The van der Waals surface area contributed by atoms with Crippen LogP contribution in [0.1, 0.15) is 36.3 Å². The van der Waals surface area contributed by atoms with E-state index in [-0.39, 0.29) is 0 Å². The lowest BCUT2D eigenvalue weighted by atomic mass is 10.1. The van der Waals surface area contributed by atoms with Crippen molar-refractivity contribution in [2.75, 3.05) is 0 Å². The number of rotatable bonds is 4. The number of aryl methyl sites for hydroxylation is 1. The number of H-pyrrole nitrogens is 1. The maximum atomic E-state index is 5.86. The third kappa shape index (κ3) is 2.73. The Morgan fingerprint density at radius 2 is 2.12 bits per heavy atom. The molecule has 122 valence electrons. The molecule has 0 unspecified atom stereocenters. The normalized spacial score (nSPS) is 19.9. The fraction of sp³-hybridized carbons (Fsp3) is 0.278. The molecule has 1 aromatic carbocycles. The number of benzene rings is 1. The molecule has 0 amide bonds. The van der Waals surface area contributed by atoms with Crippen LogP contribution in [0.5, 0.6) is 0 Å². The van der Waals surface area contributed by atoms with E-state index in [0.29, 0.717) is 16.5 Å². The fourth-order valence-corrected chi connectivity index (χ4v) is 3.05. The standard InChI is InChI=1S/C18H18N4OS/c1-11-5-3-4-6-14(11)17-20-21-18(24)22(17)19-10-13-7-8-16(23-13)15-9-12(15)2/h3-8,10,12,15H,9H2,1-2H3,(H,21,24)/b19-10-/t12-,15-/m1/s1. The van der Waals surface area contributed by atoms with Gasteiger partial charge in [-0.25, -0.2) is 5.10 Å². The molecule has 2 heterocycles. The SMILES string of the molecule is Cc1ccccc1-c1n[nH]c(=S)n1/N=C\c1ccc([C@@H]2C[C@H]2C)o1. The van der Waals surface area contributed by atoms with Crippen molar-refractivity contribution in [3.8, 4) is 11.4 Å². The predicted octanol–water partition coefficient (Wildman–Crippen LogP) is 4.51. The quantitative estimate of drug-likeness (QED) is 0.562. The molecule has 1 aliphatic carbocycles. The maximum Gasteiger partial charge on any atom is 0.216 e. The molecule has 0 radical (unpaired) electrons. The number of nitrogens with one attached hydrogen (secondary N) is 1. The Kier molecular flexibility index (Phi) is 3.69. The first-order chi connectivity index (χ1) is 11.6. The molecule has 0 bridgehead atoms. The monoisotopic (exact) mass is 338 g/mol. The molecule has 0 spiro atoms. The van der Waals surface area contributed by atoms with E-state index >= 15 is 0 Å². The highest BCUT2D eigenvalue weighted by molar-refractivity contribution is 7.71. The van der Waals surface area contributed by atoms with Gasteiger partial charge in [0.05, 0.1) is 6.21 Å². The summed E-state index contributed by atoms with van der Waals surface area (Å²) in [4.78, 5) is 0. The van der Waals surface area contributed by atoms with Crippen LogP contribution >= 0.6 is 12.2 Å². The minimum Gasteiger partial charge on any atom is -0.460 e. The molecule has 4 rings (SSSR count). The smallest absolute Gasteiger partial charge is 0.216 e. The molecular formula is C18H18N4OS. The van der Waals surface area contributed by atoms with Gasteiger partial charge in [0.2, 0.25) is 4.77 Å². The van der Waals surface area contributed by atoms with Crippen molar-refractivity contribution in [3.05, 3.63) is 58.3 Å². The van der Waals surface area contributed by atoms with Gasteiger partial charge >= 0.3 is 0 Å². The number of nitrogens with zero attached hydrogens (tertiary/aromatic N) is 3. The highest BCUT2D eigenvalue weighted by Crippen LogP contribution is 2.47. The van der Waals surface area contributed by atoms with E-state index in [1.54, 1.807) is 10.9 Å². The molecule has 0 aliphatic heterocycles. The van der Waals surface area contributed by atoms with Crippen LogP contribution in [0.2, 0.25) is 0 Å². The first-order valence-corrected chi connectivity index (χ1v) is 8.42. The third-order valence-corrected chi connectivity index (χ3v) is 4.72. The van der Waals surface area contributed by atoms with Crippen molar-refractivity contribution in [1.82, 2.24) is 14.9 Å². The Morgan fingerprint density at radius 1 is 1.33 bits per heavy atom. The number of hydrogen-bond donors (Lipinski definition) is 1. The third-order valence-electron chi connectivity index (χ3n) is 4.46. The maximum absolute atomic E-state index is 5.86. The zero-order valence-corrected chi connectivity index (χ0v) is 14.4. The van der Waals surface area contributed by atoms with Crippen molar-refractivity contribution in [2.24, 2.45) is 11.0 Å². The summed E-state index contributed by atoms with van der Waals surface area (Å²) in [5.41, 5.74) is 2.11. The minimum atomic E-state index is 0.451.